The lowest BCUT2D eigenvalue weighted by Crippen LogP contribution is -2.30. The van der Waals surface area contributed by atoms with Gasteiger partial charge >= 0.3 is 11.9 Å². The Hall–Kier alpha value is -1.80. The van der Waals surface area contributed by atoms with Crippen LogP contribution in [0.3, 0.4) is 0 Å². The highest BCUT2D eigenvalue weighted by atomic mass is 35.5. The van der Waals surface area contributed by atoms with Crippen LogP contribution in [-0.4, -0.2) is 9.55 Å². The monoisotopic (exact) mass is 342 g/mol. The summed E-state index contributed by atoms with van der Waals surface area (Å²) in [6, 6.07) is 1.08. The molecule has 21 heavy (non-hydrogen) atoms. The van der Waals surface area contributed by atoms with Gasteiger partial charge in [0.1, 0.15) is 0 Å². The highest BCUT2D eigenvalue weighted by Crippen LogP contribution is 2.36. The van der Waals surface area contributed by atoms with Gasteiger partial charge < -0.3 is 0 Å². The van der Waals surface area contributed by atoms with E-state index in [-0.39, 0.29) is 5.69 Å². The zero-order chi connectivity index (χ0) is 15.9. The molecule has 0 aliphatic rings. The fourth-order valence-electron chi connectivity index (χ4n) is 1.57. The van der Waals surface area contributed by atoms with Gasteiger partial charge in [-0.3, -0.25) is 14.3 Å². The first-order chi connectivity index (χ1) is 9.61. The van der Waals surface area contributed by atoms with Crippen molar-refractivity contribution in [1.29, 1.82) is 0 Å². The molecule has 0 atom stereocenters. The minimum Gasteiger partial charge on any atom is -0.271 e. The highest BCUT2D eigenvalue weighted by molar-refractivity contribution is 6.37. The Morgan fingerprint density at radius 1 is 1.10 bits per heavy atom. The first kappa shape index (κ1) is 15.6. The summed E-state index contributed by atoms with van der Waals surface area (Å²) in [5.74, 6) is -1.32. The van der Waals surface area contributed by atoms with Gasteiger partial charge in [0.25, 0.3) is 5.56 Å². The highest BCUT2D eigenvalue weighted by Gasteiger charge is 2.32. The summed E-state index contributed by atoms with van der Waals surface area (Å²) in [4.78, 5) is 24.1. The lowest BCUT2D eigenvalue weighted by atomic mass is 10.2. The van der Waals surface area contributed by atoms with E-state index in [1.54, 1.807) is 4.98 Å². The van der Waals surface area contributed by atoms with E-state index >= 15 is 0 Å². The topological polar surface area (TPSA) is 54.9 Å². The van der Waals surface area contributed by atoms with Gasteiger partial charge in [0, 0.05) is 0 Å². The fraction of sp³-hybridized carbons (Fsp3) is 0.0909. The smallest absolute Gasteiger partial charge is 0.271 e. The van der Waals surface area contributed by atoms with Crippen LogP contribution in [-0.2, 0) is 6.18 Å². The summed E-state index contributed by atoms with van der Waals surface area (Å²) in [6.45, 7) is 0. The van der Waals surface area contributed by atoms with Crippen molar-refractivity contribution in [1.82, 2.24) is 9.55 Å². The van der Waals surface area contributed by atoms with Crippen molar-refractivity contribution in [2.75, 3.05) is 0 Å². The van der Waals surface area contributed by atoms with Crippen LogP contribution in [0.4, 0.5) is 17.6 Å². The van der Waals surface area contributed by atoms with Gasteiger partial charge in [-0.1, -0.05) is 23.2 Å². The number of aromatic amines is 1. The minimum absolute atomic E-state index is 0.369. The van der Waals surface area contributed by atoms with Gasteiger partial charge in [0.05, 0.1) is 27.5 Å². The van der Waals surface area contributed by atoms with Gasteiger partial charge in [0.15, 0.2) is 0 Å². The van der Waals surface area contributed by atoms with Gasteiger partial charge in [-0.2, -0.15) is 17.6 Å². The standard InChI is InChI=1S/C11H4Cl2F4N2O2/c12-5-1-4(11(15,16)17)2-6(13)8(5)19-3-7(14)9(20)18-10(19)21/h1-3H,(H,18,20,21). The number of alkyl halides is 3. The molecule has 0 bridgehead atoms. The molecule has 1 aromatic carbocycles. The second kappa shape index (κ2) is 5.19. The molecular formula is C11H4Cl2F4N2O2. The van der Waals surface area contributed by atoms with Crippen molar-refractivity contribution < 1.29 is 17.6 Å². The number of hydrogen-bond acceptors (Lipinski definition) is 2. The zero-order valence-electron chi connectivity index (χ0n) is 9.76. The number of halogens is 6. The van der Waals surface area contributed by atoms with Gasteiger partial charge in [-0.05, 0) is 12.1 Å². The molecule has 0 spiro atoms. The van der Waals surface area contributed by atoms with Crippen molar-refractivity contribution in [3.63, 3.8) is 0 Å². The van der Waals surface area contributed by atoms with Crippen molar-refractivity contribution in [3.05, 3.63) is 60.6 Å². The molecule has 2 rings (SSSR count). The van der Waals surface area contributed by atoms with E-state index in [9.17, 15) is 27.2 Å². The molecule has 112 valence electrons. The summed E-state index contributed by atoms with van der Waals surface area (Å²) in [7, 11) is 0. The molecule has 2 aromatic rings. The van der Waals surface area contributed by atoms with E-state index in [0.29, 0.717) is 22.9 Å². The maximum absolute atomic E-state index is 13.2. The maximum atomic E-state index is 13.2. The molecule has 1 aromatic heterocycles. The van der Waals surface area contributed by atoms with Crippen molar-refractivity contribution in [2.24, 2.45) is 0 Å². The molecule has 0 fully saturated rings. The van der Waals surface area contributed by atoms with Crippen molar-refractivity contribution in [3.8, 4) is 5.69 Å². The number of aromatic nitrogens is 2. The average molecular weight is 343 g/mol. The Balaban J connectivity index is 2.75. The Bertz CT molecular complexity index is 803. The predicted molar refractivity (Wildman–Crippen MR) is 67.6 cm³/mol. The summed E-state index contributed by atoms with van der Waals surface area (Å²) < 4.78 is 51.5. The molecule has 0 radical (unpaired) electrons. The molecule has 0 saturated heterocycles. The van der Waals surface area contributed by atoms with Gasteiger partial charge in [-0.15, -0.1) is 0 Å². The van der Waals surface area contributed by atoms with Crippen LogP contribution < -0.4 is 11.2 Å². The molecule has 0 amide bonds. The number of hydrogen-bond donors (Lipinski definition) is 1. The van der Waals surface area contributed by atoms with Gasteiger partial charge in [0.2, 0.25) is 5.82 Å². The van der Waals surface area contributed by atoms with E-state index in [0.717, 1.165) is 0 Å². The number of benzene rings is 1. The number of nitrogens with zero attached hydrogens (tertiary/aromatic N) is 1. The van der Waals surface area contributed by atoms with Crippen molar-refractivity contribution in [2.45, 2.75) is 6.18 Å². The first-order valence-electron chi connectivity index (χ1n) is 5.19. The Morgan fingerprint density at radius 3 is 2.10 bits per heavy atom. The van der Waals surface area contributed by atoms with E-state index < -0.39 is 38.9 Å². The largest absolute Gasteiger partial charge is 0.416 e. The van der Waals surface area contributed by atoms with E-state index in [2.05, 4.69) is 0 Å². The summed E-state index contributed by atoms with van der Waals surface area (Å²) in [5.41, 5.74) is -3.86. The number of H-pyrrole nitrogens is 1. The molecule has 4 nitrogen and oxygen atoms in total. The summed E-state index contributed by atoms with van der Waals surface area (Å²) >= 11 is 11.4. The Labute approximate surface area is 123 Å². The minimum atomic E-state index is -4.69. The molecule has 0 unspecified atom stereocenters. The SMILES string of the molecule is O=c1[nH]c(=O)n(-c2c(Cl)cc(C(F)(F)F)cc2Cl)cc1F. The number of rotatable bonds is 1. The molecule has 1 heterocycles. The molecular weight excluding hydrogens is 339 g/mol. The van der Waals surface area contributed by atoms with Crippen molar-refractivity contribution >= 4 is 23.2 Å². The third-order valence-electron chi connectivity index (χ3n) is 2.48. The second-order valence-corrected chi connectivity index (χ2v) is 4.71. The second-order valence-electron chi connectivity index (χ2n) is 3.89. The van der Waals surface area contributed by atoms with Crippen LogP contribution in [0.25, 0.3) is 5.69 Å². The predicted octanol–water partition coefficient (Wildman–Crippen LogP) is 2.99. The lowest BCUT2D eigenvalue weighted by Gasteiger charge is -2.13. The van der Waals surface area contributed by atoms with Crippen LogP contribution >= 0.6 is 23.2 Å². The summed E-state index contributed by atoms with van der Waals surface area (Å²) in [5, 5.41) is -1.05. The normalized spacial score (nSPS) is 11.7. The zero-order valence-corrected chi connectivity index (χ0v) is 11.3. The molecule has 0 saturated carbocycles. The third-order valence-corrected chi connectivity index (χ3v) is 3.06. The molecule has 10 heteroatoms. The fourth-order valence-corrected chi connectivity index (χ4v) is 2.24. The van der Waals surface area contributed by atoms with E-state index in [1.807, 2.05) is 0 Å². The van der Waals surface area contributed by atoms with Gasteiger partial charge in [-0.25, -0.2) is 4.79 Å². The quantitative estimate of drug-likeness (QED) is 0.810. The van der Waals surface area contributed by atoms with Crippen LogP contribution in [0.5, 0.6) is 0 Å². The first-order valence-corrected chi connectivity index (χ1v) is 5.95. The molecule has 0 aliphatic heterocycles. The van der Waals surface area contributed by atoms with E-state index in [4.69, 9.17) is 23.2 Å². The number of nitrogens with one attached hydrogen (secondary N) is 1. The third kappa shape index (κ3) is 2.96. The van der Waals surface area contributed by atoms with Crippen LogP contribution in [0, 0.1) is 5.82 Å². The maximum Gasteiger partial charge on any atom is 0.416 e. The average Bonchev–Trinajstić information content (AvgIpc) is 2.33. The van der Waals surface area contributed by atoms with Crippen LogP contribution in [0.2, 0.25) is 10.0 Å². The summed E-state index contributed by atoms with van der Waals surface area (Å²) in [6.07, 6.45) is -4.20. The molecule has 1 N–H and O–H groups in total. The molecule has 0 aliphatic carbocycles. The van der Waals surface area contributed by atoms with Crippen LogP contribution in [0.15, 0.2) is 27.9 Å². The van der Waals surface area contributed by atoms with E-state index in [1.165, 1.54) is 0 Å². The Kier molecular flexibility index (Phi) is 3.85. The Morgan fingerprint density at radius 2 is 1.62 bits per heavy atom. The lowest BCUT2D eigenvalue weighted by molar-refractivity contribution is -0.137. The van der Waals surface area contributed by atoms with Crippen LogP contribution in [0.1, 0.15) is 5.56 Å².